The lowest BCUT2D eigenvalue weighted by molar-refractivity contribution is -0.536. The van der Waals surface area contributed by atoms with E-state index in [1.54, 1.807) is 27.7 Å². The van der Waals surface area contributed by atoms with E-state index in [4.69, 9.17) is 9.47 Å². The Bertz CT molecular complexity index is 931. The molecule has 1 amide bonds. The quantitative estimate of drug-likeness (QED) is 0.318. The van der Waals surface area contributed by atoms with Gasteiger partial charge in [-0.3, -0.25) is 14.9 Å². The number of para-hydroxylation sites is 1. The SMILES string of the molecule is CCOC(=O)[C@@H]1[C@@H](C(C)(C)C)[C@H]([N+](=O)[O-])[C@H](c2ccccc2OC(F)F)N1C(=O)[C@@H]1CCCCO1. The van der Waals surface area contributed by atoms with Crippen LogP contribution in [0.5, 0.6) is 5.75 Å². The predicted octanol–water partition coefficient (Wildman–Crippen LogP) is 3.98. The van der Waals surface area contributed by atoms with Crippen LogP contribution in [0, 0.1) is 21.4 Å². The van der Waals surface area contributed by atoms with Crippen molar-refractivity contribution in [3.63, 3.8) is 0 Å². The Hall–Kier alpha value is -2.82. The molecule has 0 bridgehead atoms. The van der Waals surface area contributed by atoms with Gasteiger partial charge in [0.05, 0.1) is 12.5 Å². The summed E-state index contributed by atoms with van der Waals surface area (Å²) in [5.41, 5.74) is -0.798. The average Bonchev–Trinajstić information content (AvgIpc) is 3.16. The van der Waals surface area contributed by atoms with Crippen molar-refractivity contribution in [3.8, 4) is 5.75 Å². The van der Waals surface area contributed by atoms with Gasteiger partial charge in [0.2, 0.25) is 6.04 Å². The minimum atomic E-state index is -3.18. The van der Waals surface area contributed by atoms with Gasteiger partial charge in [-0.15, -0.1) is 0 Å². The van der Waals surface area contributed by atoms with Crippen LogP contribution in [0.4, 0.5) is 8.78 Å². The number of rotatable bonds is 7. The number of halogens is 2. The Morgan fingerprint density at radius 1 is 1.26 bits per heavy atom. The summed E-state index contributed by atoms with van der Waals surface area (Å²) >= 11 is 0. The van der Waals surface area contributed by atoms with Crippen molar-refractivity contribution in [2.45, 2.75) is 77.8 Å². The molecule has 1 aromatic carbocycles. The second kappa shape index (κ2) is 10.8. The van der Waals surface area contributed by atoms with Crippen LogP contribution >= 0.6 is 0 Å². The van der Waals surface area contributed by atoms with E-state index in [0.717, 1.165) is 11.3 Å². The second-order valence-electron chi connectivity index (χ2n) is 9.83. The third-order valence-electron chi connectivity index (χ3n) is 6.57. The van der Waals surface area contributed by atoms with Gasteiger partial charge >= 0.3 is 12.6 Å². The number of nitro groups is 1. The molecule has 35 heavy (non-hydrogen) atoms. The summed E-state index contributed by atoms with van der Waals surface area (Å²) in [6.07, 6.45) is 0.959. The Kier molecular flexibility index (Phi) is 8.30. The molecule has 0 N–H and O–H groups in total. The van der Waals surface area contributed by atoms with Crippen LogP contribution < -0.4 is 4.74 Å². The molecule has 2 fully saturated rings. The minimum Gasteiger partial charge on any atom is -0.464 e. The number of ether oxygens (including phenoxy) is 3. The van der Waals surface area contributed by atoms with Crippen molar-refractivity contribution in [2.75, 3.05) is 13.2 Å². The first-order chi connectivity index (χ1) is 16.5. The van der Waals surface area contributed by atoms with Gasteiger partial charge in [-0.25, -0.2) is 4.79 Å². The van der Waals surface area contributed by atoms with E-state index in [1.165, 1.54) is 24.3 Å². The van der Waals surface area contributed by atoms with Gasteiger partial charge in [-0.1, -0.05) is 39.0 Å². The maximum absolute atomic E-state index is 13.9. The first-order valence-electron chi connectivity index (χ1n) is 11.8. The average molecular weight is 499 g/mol. The summed E-state index contributed by atoms with van der Waals surface area (Å²) in [6, 6.07) is 1.51. The zero-order valence-electron chi connectivity index (χ0n) is 20.3. The summed E-state index contributed by atoms with van der Waals surface area (Å²) in [5.74, 6) is -2.65. The number of alkyl halides is 2. The van der Waals surface area contributed by atoms with E-state index in [0.29, 0.717) is 19.4 Å². The van der Waals surface area contributed by atoms with Crippen LogP contribution in [0.15, 0.2) is 24.3 Å². The Morgan fingerprint density at radius 3 is 2.49 bits per heavy atom. The number of amides is 1. The summed E-state index contributed by atoms with van der Waals surface area (Å²) in [7, 11) is 0. The predicted molar refractivity (Wildman–Crippen MR) is 120 cm³/mol. The third-order valence-corrected chi connectivity index (χ3v) is 6.57. The molecule has 2 heterocycles. The highest BCUT2D eigenvalue weighted by Crippen LogP contribution is 2.51. The molecule has 1 aromatic rings. The molecule has 194 valence electrons. The van der Waals surface area contributed by atoms with Crippen molar-refractivity contribution < 1.29 is 37.5 Å². The first-order valence-corrected chi connectivity index (χ1v) is 11.8. The zero-order chi connectivity index (χ0) is 25.9. The van der Waals surface area contributed by atoms with Crippen molar-refractivity contribution >= 4 is 11.9 Å². The molecule has 2 aliphatic heterocycles. The smallest absolute Gasteiger partial charge is 0.387 e. The van der Waals surface area contributed by atoms with E-state index in [1.807, 2.05) is 0 Å². The number of hydrogen-bond acceptors (Lipinski definition) is 7. The Morgan fingerprint density at radius 2 is 1.94 bits per heavy atom. The summed E-state index contributed by atoms with van der Waals surface area (Å²) < 4.78 is 42.1. The fourth-order valence-electron chi connectivity index (χ4n) is 5.25. The van der Waals surface area contributed by atoms with Crippen LogP contribution in [-0.4, -0.2) is 59.7 Å². The topological polar surface area (TPSA) is 108 Å². The lowest BCUT2D eigenvalue weighted by atomic mass is 9.72. The van der Waals surface area contributed by atoms with E-state index in [-0.39, 0.29) is 17.9 Å². The van der Waals surface area contributed by atoms with Crippen LogP contribution in [0.2, 0.25) is 0 Å². The molecule has 0 radical (unpaired) electrons. The number of hydrogen-bond donors (Lipinski definition) is 0. The van der Waals surface area contributed by atoms with E-state index in [2.05, 4.69) is 4.74 Å². The molecular formula is C24H32F2N2O7. The van der Waals surface area contributed by atoms with E-state index < -0.39 is 59.0 Å². The molecule has 2 saturated heterocycles. The van der Waals surface area contributed by atoms with Crippen LogP contribution in [0.25, 0.3) is 0 Å². The van der Waals surface area contributed by atoms with E-state index in [9.17, 15) is 28.5 Å². The standard InChI is InChI=1S/C24H32F2N2O7/c1-5-33-22(30)20-17(24(2,3)4)19(28(31)32)18(14-10-6-7-11-15(14)35-23(25)26)27(20)21(29)16-12-8-9-13-34-16/h6-7,10-11,16-20,23H,5,8-9,12-13H2,1-4H3/t16-,17-,18-,19-,20-/m0/s1. The molecule has 0 aliphatic carbocycles. The molecule has 0 aromatic heterocycles. The maximum atomic E-state index is 13.9. The Balaban J connectivity index is 2.26. The maximum Gasteiger partial charge on any atom is 0.387 e. The van der Waals surface area contributed by atoms with Crippen molar-refractivity contribution in [1.82, 2.24) is 4.90 Å². The molecular weight excluding hydrogens is 466 g/mol. The molecule has 5 atom stereocenters. The number of carbonyl (C=O) groups is 2. The second-order valence-corrected chi connectivity index (χ2v) is 9.83. The number of benzene rings is 1. The van der Waals surface area contributed by atoms with Gasteiger partial charge in [0.25, 0.3) is 5.91 Å². The normalized spacial score (nSPS) is 27.1. The van der Waals surface area contributed by atoms with Crippen LogP contribution in [0.3, 0.4) is 0 Å². The van der Waals surface area contributed by atoms with E-state index >= 15 is 0 Å². The van der Waals surface area contributed by atoms with Gasteiger partial charge in [0.1, 0.15) is 23.9 Å². The highest BCUT2D eigenvalue weighted by Gasteiger charge is 2.65. The number of nitrogens with zero attached hydrogens (tertiary/aromatic N) is 2. The third kappa shape index (κ3) is 5.55. The van der Waals surface area contributed by atoms with Gasteiger partial charge in [0, 0.05) is 17.1 Å². The molecule has 0 unspecified atom stereocenters. The Labute approximate surface area is 202 Å². The van der Waals surface area contributed by atoms with Gasteiger partial charge < -0.3 is 19.1 Å². The highest BCUT2D eigenvalue weighted by atomic mass is 19.3. The molecule has 0 saturated carbocycles. The number of esters is 1. The van der Waals surface area contributed by atoms with Crippen molar-refractivity contribution in [3.05, 3.63) is 39.9 Å². The molecule has 0 spiro atoms. The van der Waals surface area contributed by atoms with Gasteiger partial charge in [-0.2, -0.15) is 8.78 Å². The molecule has 2 aliphatic rings. The summed E-state index contributed by atoms with van der Waals surface area (Å²) in [5, 5.41) is 12.5. The monoisotopic (exact) mass is 498 g/mol. The molecule has 11 heteroatoms. The summed E-state index contributed by atoms with van der Waals surface area (Å²) in [6.45, 7) is 3.98. The lowest BCUT2D eigenvalue weighted by Gasteiger charge is -2.35. The first kappa shape index (κ1) is 26.8. The highest BCUT2D eigenvalue weighted by molar-refractivity contribution is 5.89. The zero-order valence-corrected chi connectivity index (χ0v) is 20.3. The van der Waals surface area contributed by atoms with Gasteiger partial charge in [-0.05, 0) is 37.7 Å². The molecule has 9 nitrogen and oxygen atoms in total. The molecule has 3 rings (SSSR count). The number of likely N-dealkylation sites (tertiary alicyclic amines) is 1. The van der Waals surface area contributed by atoms with Gasteiger partial charge in [0.15, 0.2) is 0 Å². The van der Waals surface area contributed by atoms with Crippen LogP contribution in [-0.2, 0) is 19.1 Å². The van der Waals surface area contributed by atoms with Crippen molar-refractivity contribution in [1.29, 1.82) is 0 Å². The fraction of sp³-hybridized carbons (Fsp3) is 0.667. The van der Waals surface area contributed by atoms with Crippen LogP contribution in [0.1, 0.15) is 58.6 Å². The lowest BCUT2D eigenvalue weighted by Crippen LogP contribution is -2.51. The minimum absolute atomic E-state index is 0.00698. The summed E-state index contributed by atoms with van der Waals surface area (Å²) in [4.78, 5) is 40.3. The number of carbonyl (C=O) groups excluding carboxylic acids is 2. The van der Waals surface area contributed by atoms with Crippen molar-refractivity contribution in [2.24, 2.45) is 11.3 Å². The largest absolute Gasteiger partial charge is 0.464 e. The fourth-order valence-corrected chi connectivity index (χ4v) is 5.25.